The van der Waals surface area contributed by atoms with Crippen LogP contribution in [0.5, 0.6) is 0 Å². The number of urea groups is 1. The summed E-state index contributed by atoms with van der Waals surface area (Å²) in [5.74, 6) is -1.98. The number of rotatable bonds is 28. The maximum Gasteiger partial charge on any atom is 0.407 e. The zero-order valence-electron chi connectivity index (χ0n) is 38.0. The van der Waals surface area contributed by atoms with Gasteiger partial charge in [-0.25, -0.2) is 14.6 Å². The van der Waals surface area contributed by atoms with Gasteiger partial charge < -0.3 is 42.7 Å². The van der Waals surface area contributed by atoms with E-state index in [2.05, 4.69) is 34.3 Å². The Balaban J connectivity index is 1.52. The summed E-state index contributed by atoms with van der Waals surface area (Å²) in [5.41, 5.74) is 15.1. The molecular formula is C48H67N9O8. The number of aryl methyl sites for hydroxylation is 1. The molecule has 9 N–H and O–H groups in total. The first-order valence-electron chi connectivity index (χ1n) is 22.8. The average molecular weight is 898 g/mol. The number of carbonyl (C=O) groups is 7. The number of amides is 8. The number of aromatic nitrogens is 1. The van der Waals surface area contributed by atoms with Crippen molar-refractivity contribution in [3.05, 3.63) is 83.4 Å². The van der Waals surface area contributed by atoms with Crippen LogP contribution < -0.4 is 32.7 Å². The van der Waals surface area contributed by atoms with E-state index in [0.29, 0.717) is 56.3 Å². The predicted molar refractivity (Wildman–Crippen MR) is 249 cm³/mol. The summed E-state index contributed by atoms with van der Waals surface area (Å²) in [6.07, 6.45) is 8.53. The van der Waals surface area contributed by atoms with Gasteiger partial charge in [-0.05, 0) is 92.5 Å². The van der Waals surface area contributed by atoms with Crippen molar-refractivity contribution in [1.82, 2.24) is 36.1 Å². The lowest BCUT2D eigenvalue weighted by atomic mass is 9.95. The van der Waals surface area contributed by atoms with Crippen LogP contribution in [0.2, 0.25) is 0 Å². The van der Waals surface area contributed by atoms with Gasteiger partial charge in [-0.2, -0.15) is 0 Å². The Bertz CT molecular complexity index is 2110. The second-order valence-corrected chi connectivity index (χ2v) is 17.0. The van der Waals surface area contributed by atoms with E-state index >= 15 is 0 Å². The van der Waals surface area contributed by atoms with Gasteiger partial charge in [-0.15, -0.1) is 0 Å². The Labute approximate surface area is 381 Å². The number of nitrogens with zero attached hydrogens (tertiary/aromatic N) is 3. The number of anilines is 1. The summed E-state index contributed by atoms with van der Waals surface area (Å²) in [6.45, 7) is 6.51. The van der Waals surface area contributed by atoms with Crippen LogP contribution in [-0.2, 0) is 43.4 Å². The first kappa shape index (κ1) is 51.1. The van der Waals surface area contributed by atoms with Crippen LogP contribution in [0, 0.1) is 5.92 Å². The van der Waals surface area contributed by atoms with Crippen molar-refractivity contribution < 1.29 is 38.7 Å². The monoisotopic (exact) mass is 898 g/mol. The van der Waals surface area contributed by atoms with E-state index in [9.17, 15) is 38.7 Å². The van der Waals surface area contributed by atoms with Gasteiger partial charge in [0.15, 0.2) is 0 Å². The first-order valence-corrected chi connectivity index (χ1v) is 22.8. The number of fused-ring (bicyclic) bond motifs is 1. The van der Waals surface area contributed by atoms with Crippen LogP contribution in [0.3, 0.4) is 0 Å². The van der Waals surface area contributed by atoms with Crippen molar-refractivity contribution in [2.75, 3.05) is 25.4 Å². The standard InChI is InChI=1S/C48H67N9O8/c1-4-5-8-18-35-30-37-34(19-13-21-38(37)53-44(35)49)29-36(20-15-27-56(48(64)65)31-33-16-9-6-10-17-33)52-45(61)39(22-14-26-51-47(50)63)54-46(62)43(32(2)3)55-40(58)23-11-7-12-28-57-41(59)24-25-42(57)60/h6,9-10,13,16-17,19,21,24-25,30,32,36,39,43H,4-5,7-8,11-12,14-15,18,20,22-23,26-29,31H2,1-3H3,(H2,49,53)(H,52,61)(H,54,62)(H,55,58)(H,64,65)(H3,50,51,63)/t36?,39-,43-/m0/s1. The molecule has 17 nitrogen and oxygen atoms in total. The number of imide groups is 1. The molecule has 1 unspecified atom stereocenters. The number of carbonyl (C=O) groups excluding carboxylic acids is 6. The van der Waals surface area contributed by atoms with E-state index in [4.69, 9.17) is 16.5 Å². The molecule has 17 heteroatoms. The number of hydrogen-bond donors (Lipinski definition) is 7. The summed E-state index contributed by atoms with van der Waals surface area (Å²) in [7, 11) is 0. The van der Waals surface area contributed by atoms with Gasteiger partial charge in [0, 0.05) is 56.2 Å². The number of nitrogens with two attached hydrogens (primary N) is 2. The third-order valence-corrected chi connectivity index (χ3v) is 11.4. The largest absolute Gasteiger partial charge is 0.465 e. The molecule has 8 amide bonds. The van der Waals surface area contributed by atoms with Gasteiger partial charge in [-0.3, -0.25) is 28.9 Å². The quantitative estimate of drug-likeness (QED) is 0.0375. The molecule has 4 rings (SSSR count). The van der Waals surface area contributed by atoms with Gasteiger partial charge >= 0.3 is 12.1 Å². The molecule has 0 aliphatic carbocycles. The minimum Gasteiger partial charge on any atom is -0.465 e. The molecule has 1 aliphatic rings. The fraction of sp³-hybridized carbons (Fsp3) is 0.500. The molecule has 0 fully saturated rings. The van der Waals surface area contributed by atoms with Crippen LogP contribution in [0.25, 0.3) is 10.9 Å². The van der Waals surface area contributed by atoms with E-state index in [1.54, 1.807) is 13.8 Å². The number of hydrogen-bond acceptors (Lipinski definition) is 9. The molecule has 2 aromatic carbocycles. The second kappa shape index (κ2) is 26.3. The molecule has 0 bridgehead atoms. The van der Waals surface area contributed by atoms with Crippen molar-refractivity contribution in [2.45, 2.75) is 129 Å². The number of carboxylic acid groups (broad SMARTS) is 1. The number of benzene rings is 2. The van der Waals surface area contributed by atoms with Crippen molar-refractivity contribution in [3.8, 4) is 0 Å². The van der Waals surface area contributed by atoms with Crippen LogP contribution in [0.1, 0.15) is 108 Å². The smallest absolute Gasteiger partial charge is 0.407 e. The topological polar surface area (TPSA) is 259 Å². The third-order valence-electron chi connectivity index (χ3n) is 11.4. The van der Waals surface area contributed by atoms with Crippen molar-refractivity contribution in [2.24, 2.45) is 11.7 Å². The maximum absolute atomic E-state index is 14.4. The van der Waals surface area contributed by atoms with Crippen molar-refractivity contribution >= 4 is 58.4 Å². The SMILES string of the molecule is CCCCCc1cc2c(CC(CCCN(Cc3ccccc3)C(=O)O)NC(=O)[C@H](CCCNC(N)=O)NC(=O)[C@@H](NC(=O)CCCCCN3C(=O)C=CC3=O)C(C)C)cccc2nc1N. The molecular weight excluding hydrogens is 831 g/mol. The second-order valence-electron chi connectivity index (χ2n) is 17.0. The Kier molecular flexibility index (Phi) is 20.7. The fourth-order valence-electron chi connectivity index (χ4n) is 7.84. The van der Waals surface area contributed by atoms with E-state index < -0.39 is 42.1 Å². The average Bonchev–Trinajstić information content (AvgIpc) is 3.59. The highest BCUT2D eigenvalue weighted by Gasteiger charge is 2.30. The summed E-state index contributed by atoms with van der Waals surface area (Å²) >= 11 is 0. The molecule has 1 aliphatic heterocycles. The molecule has 65 heavy (non-hydrogen) atoms. The maximum atomic E-state index is 14.4. The molecule has 0 saturated heterocycles. The highest BCUT2D eigenvalue weighted by atomic mass is 16.4. The van der Waals surface area contributed by atoms with Crippen LogP contribution >= 0.6 is 0 Å². The van der Waals surface area contributed by atoms with E-state index in [1.165, 1.54) is 17.1 Å². The number of pyridine rings is 1. The molecule has 1 aromatic heterocycles. The lowest BCUT2D eigenvalue weighted by Gasteiger charge is -2.28. The highest BCUT2D eigenvalue weighted by molar-refractivity contribution is 6.12. The van der Waals surface area contributed by atoms with Crippen molar-refractivity contribution in [3.63, 3.8) is 0 Å². The highest BCUT2D eigenvalue weighted by Crippen LogP contribution is 2.25. The molecule has 2 heterocycles. The summed E-state index contributed by atoms with van der Waals surface area (Å²) in [6, 6.07) is 13.8. The Morgan fingerprint density at radius 3 is 2.23 bits per heavy atom. The minimum atomic E-state index is -1.07. The predicted octanol–water partition coefficient (Wildman–Crippen LogP) is 5.10. The number of primary amides is 1. The number of nitrogen functional groups attached to an aromatic ring is 1. The third kappa shape index (κ3) is 16.8. The van der Waals surface area contributed by atoms with Gasteiger partial charge in [-0.1, -0.05) is 82.5 Å². The normalized spacial score (nSPS) is 13.7. The molecule has 352 valence electrons. The first-order chi connectivity index (χ1) is 31.2. The lowest BCUT2D eigenvalue weighted by molar-refractivity contribution is -0.137. The summed E-state index contributed by atoms with van der Waals surface area (Å²) in [5, 5.41) is 22.4. The molecule has 3 aromatic rings. The molecule has 0 saturated carbocycles. The zero-order valence-corrected chi connectivity index (χ0v) is 38.0. The zero-order chi connectivity index (χ0) is 47.3. The van der Waals surface area contributed by atoms with Gasteiger partial charge in [0.25, 0.3) is 11.8 Å². The molecule has 0 spiro atoms. The minimum absolute atomic E-state index is 0.113. The molecule has 0 radical (unpaired) electrons. The van der Waals surface area contributed by atoms with E-state index in [1.807, 2.05) is 48.5 Å². The fourth-order valence-corrected chi connectivity index (χ4v) is 7.84. The number of nitrogens with one attached hydrogen (secondary N) is 4. The summed E-state index contributed by atoms with van der Waals surface area (Å²) in [4.78, 5) is 96.1. The Morgan fingerprint density at radius 1 is 0.815 bits per heavy atom. The van der Waals surface area contributed by atoms with Crippen LogP contribution in [0.15, 0.2) is 66.7 Å². The number of unbranched alkanes of at least 4 members (excludes halogenated alkanes) is 4. The van der Waals surface area contributed by atoms with Crippen LogP contribution in [-0.4, -0.2) is 99.3 Å². The molecule has 3 atom stereocenters. The lowest BCUT2D eigenvalue weighted by Crippen LogP contribution is -2.56. The van der Waals surface area contributed by atoms with Gasteiger partial charge in [0.05, 0.1) is 5.52 Å². The Morgan fingerprint density at radius 2 is 1.55 bits per heavy atom. The van der Waals surface area contributed by atoms with E-state index in [0.717, 1.165) is 52.7 Å². The van der Waals surface area contributed by atoms with Gasteiger partial charge in [0.1, 0.15) is 17.9 Å². The van der Waals surface area contributed by atoms with Gasteiger partial charge in [0.2, 0.25) is 17.7 Å². The van der Waals surface area contributed by atoms with E-state index in [-0.39, 0.29) is 62.7 Å². The van der Waals surface area contributed by atoms with Crippen LogP contribution in [0.4, 0.5) is 15.4 Å². The Hall–Kier alpha value is -6.52. The van der Waals surface area contributed by atoms with Crippen molar-refractivity contribution in [1.29, 1.82) is 0 Å². The summed E-state index contributed by atoms with van der Waals surface area (Å²) < 4.78 is 0.